The van der Waals surface area contributed by atoms with E-state index in [-0.39, 0.29) is 23.0 Å². The van der Waals surface area contributed by atoms with Crippen molar-refractivity contribution >= 4 is 23.1 Å². The highest BCUT2D eigenvalue weighted by Gasteiger charge is 2.20. The quantitative estimate of drug-likeness (QED) is 0.789. The summed E-state index contributed by atoms with van der Waals surface area (Å²) in [5.74, 6) is -2.23. The number of benzene rings is 1. The molecule has 1 aromatic rings. The van der Waals surface area contributed by atoms with Crippen LogP contribution in [0.25, 0.3) is 0 Å². The van der Waals surface area contributed by atoms with E-state index in [0.29, 0.717) is 6.42 Å². The Labute approximate surface area is 116 Å². The number of carbonyl (C=O) groups is 1. The molecule has 0 aliphatic carbocycles. The summed E-state index contributed by atoms with van der Waals surface area (Å²) < 4.78 is 26.1. The Morgan fingerprint density at radius 3 is 2.68 bits per heavy atom. The van der Waals surface area contributed by atoms with Crippen LogP contribution in [-0.4, -0.2) is 10.9 Å². The lowest BCUT2D eigenvalue weighted by Gasteiger charge is -2.14. The van der Waals surface area contributed by atoms with Crippen LogP contribution in [0.3, 0.4) is 0 Å². The summed E-state index contributed by atoms with van der Waals surface area (Å²) in [6.45, 7) is 1.89. The van der Waals surface area contributed by atoms with Crippen molar-refractivity contribution < 1.29 is 13.6 Å². The van der Waals surface area contributed by atoms with Crippen LogP contribution >= 0.6 is 12.2 Å². The highest BCUT2D eigenvalue weighted by molar-refractivity contribution is 7.80. The second kappa shape index (κ2) is 7.13. The highest BCUT2D eigenvalue weighted by Crippen LogP contribution is 2.11. The van der Waals surface area contributed by atoms with E-state index in [1.165, 1.54) is 6.07 Å². The average molecular weight is 286 g/mol. The summed E-state index contributed by atoms with van der Waals surface area (Å²) in [6, 6.07) is 3.21. The third-order valence-electron chi connectivity index (χ3n) is 2.71. The van der Waals surface area contributed by atoms with Gasteiger partial charge in [-0.05, 0) is 12.5 Å². The molecule has 0 fully saturated rings. The van der Waals surface area contributed by atoms with Crippen LogP contribution in [0.4, 0.5) is 8.78 Å². The minimum absolute atomic E-state index is 0.0201. The zero-order valence-electron chi connectivity index (χ0n) is 10.6. The Morgan fingerprint density at radius 2 is 2.16 bits per heavy atom. The fourth-order valence-corrected chi connectivity index (χ4v) is 1.89. The lowest BCUT2D eigenvalue weighted by Crippen LogP contribution is -2.37. The molecule has 6 heteroatoms. The zero-order valence-corrected chi connectivity index (χ0v) is 11.4. The van der Waals surface area contributed by atoms with Gasteiger partial charge in [0, 0.05) is 18.2 Å². The van der Waals surface area contributed by atoms with Crippen molar-refractivity contribution in [1.82, 2.24) is 5.32 Å². The van der Waals surface area contributed by atoms with Crippen molar-refractivity contribution in [2.24, 2.45) is 11.7 Å². The number of carbonyl (C=O) groups excluding carboxylic acids is 1. The van der Waals surface area contributed by atoms with Crippen LogP contribution in [-0.2, 0) is 11.3 Å². The number of nitrogens with two attached hydrogens (primary N) is 1. The molecule has 0 aliphatic rings. The molecule has 0 spiro atoms. The molecule has 3 N–H and O–H groups in total. The molecule has 0 saturated carbocycles. The van der Waals surface area contributed by atoms with Crippen LogP contribution in [0.15, 0.2) is 18.2 Å². The topological polar surface area (TPSA) is 55.1 Å². The van der Waals surface area contributed by atoms with E-state index in [1.807, 2.05) is 6.92 Å². The van der Waals surface area contributed by atoms with Crippen molar-refractivity contribution in [3.8, 4) is 0 Å². The van der Waals surface area contributed by atoms with Gasteiger partial charge in [-0.15, -0.1) is 0 Å². The standard InChI is InChI=1S/C13H16F2N2OS/c1-2-3-10(12(16)19)13(18)17-7-8-4-5-9(14)6-11(8)15/h4-6,10H,2-3,7H2,1H3,(H2,16,19)(H,17,18). The molecule has 0 heterocycles. The molecule has 1 rings (SSSR count). The second-order valence-electron chi connectivity index (χ2n) is 4.20. The van der Waals surface area contributed by atoms with Gasteiger partial charge in [0.05, 0.1) is 10.9 Å². The first-order valence-electron chi connectivity index (χ1n) is 5.96. The number of amides is 1. The number of halogens is 2. The van der Waals surface area contributed by atoms with Crippen molar-refractivity contribution in [2.45, 2.75) is 26.3 Å². The van der Waals surface area contributed by atoms with Crippen molar-refractivity contribution in [1.29, 1.82) is 0 Å². The molecule has 1 atom stereocenters. The SMILES string of the molecule is CCCC(C(=O)NCc1ccc(F)cc1F)C(N)=S. The van der Waals surface area contributed by atoms with Gasteiger partial charge in [-0.2, -0.15) is 0 Å². The third-order valence-corrected chi connectivity index (χ3v) is 2.99. The first kappa shape index (κ1) is 15.5. The van der Waals surface area contributed by atoms with E-state index in [2.05, 4.69) is 5.32 Å². The summed E-state index contributed by atoms with van der Waals surface area (Å²) in [7, 11) is 0. The number of hydrogen-bond donors (Lipinski definition) is 2. The number of thiocarbonyl (C=S) groups is 1. The van der Waals surface area contributed by atoms with E-state index in [4.69, 9.17) is 18.0 Å². The maximum atomic E-state index is 13.4. The van der Waals surface area contributed by atoms with Crippen molar-refractivity contribution in [3.05, 3.63) is 35.4 Å². The van der Waals surface area contributed by atoms with Gasteiger partial charge in [-0.3, -0.25) is 4.79 Å². The third kappa shape index (κ3) is 4.55. The molecule has 0 bridgehead atoms. The number of nitrogens with one attached hydrogen (secondary N) is 1. The molecule has 1 amide bonds. The van der Waals surface area contributed by atoms with Gasteiger partial charge in [0.2, 0.25) is 5.91 Å². The molecule has 3 nitrogen and oxygen atoms in total. The molecule has 0 aliphatic heterocycles. The summed E-state index contributed by atoms with van der Waals surface area (Å²) in [6.07, 6.45) is 1.31. The Morgan fingerprint density at radius 1 is 1.47 bits per heavy atom. The fourth-order valence-electron chi connectivity index (χ4n) is 1.66. The van der Waals surface area contributed by atoms with Gasteiger partial charge in [-0.25, -0.2) is 8.78 Å². The van der Waals surface area contributed by atoms with E-state index in [1.54, 1.807) is 0 Å². The second-order valence-corrected chi connectivity index (χ2v) is 4.67. The number of rotatable bonds is 6. The van der Waals surface area contributed by atoms with Gasteiger partial charge in [0.1, 0.15) is 11.6 Å². The minimum atomic E-state index is -0.692. The number of hydrogen-bond acceptors (Lipinski definition) is 2. The van der Waals surface area contributed by atoms with E-state index in [9.17, 15) is 13.6 Å². The monoisotopic (exact) mass is 286 g/mol. The van der Waals surface area contributed by atoms with Gasteiger partial charge in [-0.1, -0.05) is 31.6 Å². The van der Waals surface area contributed by atoms with Gasteiger partial charge >= 0.3 is 0 Å². The predicted molar refractivity (Wildman–Crippen MR) is 73.4 cm³/mol. The van der Waals surface area contributed by atoms with Crippen LogP contribution in [0.1, 0.15) is 25.3 Å². The first-order valence-corrected chi connectivity index (χ1v) is 6.37. The van der Waals surface area contributed by atoms with Crippen LogP contribution < -0.4 is 11.1 Å². The Kier molecular flexibility index (Phi) is 5.82. The fraction of sp³-hybridized carbons (Fsp3) is 0.385. The maximum Gasteiger partial charge on any atom is 0.230 e. The van der Waals surface area contributed by atoms with E-state index >= 15 is 0 Å². The van der Waals surface area contributed by atoms with Crippen molar-refractivity contribution in [3.63, 3.8) is 0 Å². The summed E-state index contributed by atoms with van der Waals surface area (Å²) in [4.78, 5) is 12.0. The smallest absolute Gasteiger partial charge is 0.230 e. The largest absolute Gasteiger partial charge is 0.393 e. The van der Waals surface area contributed by atoms with Crippen LogP contribution in [0.5, 0.6) is 0 Å². The summed E-state index contributed by atoms with van der Waals surface area (Å²) >= 11 is 4.83. The van der Waals surface area contributed by atoms with Crippen molar-refractivity contribution in [2.75, 3.05) is 0 Å². The van der Waals surface area contributed by atoms with Crippen LogP contribution in [0.2, 0.25) is 0 Å². The Bertz CT molecular complexity index is 480. The molecule has 0 radical (unpaired) electrons. The predicted octanol–water partition coefficient (Wildman–Crippen LogP) is 2.28. The van der Waals surface area contributed by atoms with E-state index < -0.39 is 17.6 Å². The lowest BCUT2D eigenvalue weighted by atomic mass is 10.0. The molecule has 1 unspecified atom stereocenters. The minimum Gasteiger partial charge on any atom is -0.393 e. The summed E-state index contributed by atoms with van der Waals surface area (Å²) in [5, 5.41) is 2.56. The molecular formula is C13H16F2N2OS. The Hall–Kier alpha value is -1.56. The lowest BCUT2D eigenvalue weighted by molar-refractivity contribution is -0.123. The first-order chi connectivity index (χ1) is 8.95. The van der Waals surface area contributed by atoms with Gasteiger partial charge < -0.3 is 11.1 Å². The molecule has 0 aromatic heterocycles. The molecule has 104 valence electrons. The zero-order chi connectivity index (χ0) is 14.4. The molecule has 1 aromatic carbocycles. The maximum absolute atomic E-state index is 13.4. The molecule has 0 saturated heterocycles. The Balaban J connectivity index is 2.64. The molecule has 19 heavy (non-hydrogen) atoms. The van der Waals surface area contributed by atoms with Crippen LogP contribution in [0, 0.1) is 17.6 Å². The average Bonchev–Trinajstić information content (AvgIpc) is 2.34. The molecular weight excluding hydrogens is 270 g/mol. The summed E-state index contributed by atoms with van der Waals surface area (Å²) in [5.41, 5.74) is 5.71. The normalized spacial score (nSPS) is 11.9. The van der Waals surface area contributed by atoms with E-state index in [0.717, 1.165) is 18.6 Å². The van der Waals surface area contributed by atoms with Gasteiger partial charge in [0.15, 0.2) is 0 Å². The van der Waals surface area contributed by atoms with Gasteiger partial charge in [0.25, 0.3) is 0 Å². The highest BCUT2D eigenvalue weighted by atomic mass is 32.1.